The van der Waals surface area contributed by atoms with E-state index in [1.54, 1.807) is 14.2 Å². The second-order valence-electron chi connectivity index (χ2n) is 6.44. The SMILES string of the molecule is COC1CN(CC(C)(C)CNC(C)C)CC1OC. The van der Waals surface area contributed by atoms with Crippen LogP contribution in [0.25, 0.3) is 0 Å². The molecular weight excluding hydrogens is 228 g/mol. The van der Waals surface area contributed by atoms with Gasteiger partial charge in [0.25, 0.3) is 0 Å². The Kier molecular flexibility index (Phi) is 6.05. The second-order valence-corrected chi connectivity index (χ2v) is 6.44. The molecule has 1 N–H and O–H groups in total. The zero-order valence-electron chi connectivity index (χ0n) is 12.8. The van der Waals surface area contributed by atoms with Crippen LogP contribution in [0.2, 0.25) is 0 Å². The van der Waals surface area contributed by atoms with E-state index in [1.807, 2.05) is 0 Å². The van der Waals surface area contributed by atoms with Gasteiger partial charge >= 0.3 is 0 Å². The summed E-state index contributed by atoms with van der Waals surface area (Å²) in [6, 6.07) is 0.543. The standard InChI is InChI=1S/C14H30N2O2/c1-11(2)15-9-14(3,4)10-16-7-12(17-5)13(8-16)18-6/h11-13,15H,7-10H2,1-6H3. The Labute approximate surface area is 112 Å². The van der Waals surface area contributed by atoms with Crippen LogP contribution in [-0.2, 0) is 9.47 Å². The predicted octanol–water partition coefficient (Wildman–Crippen LogP) is 1.36. The fourth-order valence-electron chi connectivity index (χ4n) is 2.54. The van der Waals surface area contributed by atoms with Gasteiger partial charge in [-0.05, 0) is 5.41 Å². The molecule has 1 aliphatic heterocycles. The molecule has 1 heterocycles. The van der Waals surface area contributed by atoms with Crippen LogP contribution in [-0.4, -0.2) is 63.5 Å². The minimum atomic E-state index is 0.212. The van der Waals surface area contributed by atoms with Gasteiger partial charge in [0.15, 0.2) is 0 Å². The molecule has 0 aliphatic carbocycles. The molecule has 1 rings (SSSR count). The molecule has 0 spiro atoms. The molecule has 0 aromatic heterocycles. The van der Waals surface area contributed by atoms with Crippen molar-refractivity contribution >= 4 is 0 Å². The summed E-state index contributed by atoms with van der Waals surface area (Å²) in [5.74, 6) is 0. The summed E-state index contributed by atoms with van der Waals surface area (Å²) in [5, 5.41) is 3.52. The topological polar surface area (TPSA) is 33.7 Å². The Balaban J connectivity index is 2.42. The molecule has 1 fully saturated rings. The molecule has 1 saturated heterocycles. The summed E-state index contributed by atoms with van der Waals surface area (Å²) < 4.78 is 11.0. The Morgan fingerprint density at radius 2 is 1.67 bits per heavy atom. The van der Waals surface area contributed by atoms with Crippen molar-refractivity contribution in [1.29, 1.82) is 0 Å². The Hall–Kier alpha value is -0.160. The van der Waals surface area contributed by atoms with E-state index in [9.17, 15) is 0 Å². The molecule has 0 radical (unpaired) electrons. The van der Waals surface area contributed by atoms with E-state index in [2.05, 4.69) is 37.9 Å². The molecule has 4 heteroatoms. The molecule has 0 bridgehead atoms. The van der Waals surface area contributed by atoms with E-state index >= 15 is 0 Å². The van der Waals surface area contributed by atoms with E-state index in [-0.39, 0.29) is 17.6 Å². The van der Waals surface area contributed by atoms with Crippen molar-refractivity contribution in [3.63, 3.8) is 0 Å². The number of methoxy groups -OCH3 is 2. The summed E-state index contributed by atoms with van der Waals surface area (Å²) in [6.07, 6.45) is 0.424. The van der Waals surface area contributed by atoms with Crippen molar-refractivity contribution in [2.75, 3.05) is 40.4 Å². The van der Waals surface area contributed by atoms with Crippen LogP contribution in [0, 0.1) is 5.41 Å². The number of rotatable bonds is 7. The summed E-state index contributed by atoms with van der Waals surface area (Å²) in [5.41, 5.74) is 0.269. The van der Waals surface area contributed by atoms with Crippen LogP contribution in [0.3, 0.4) is 0 Å². The minimum Gasteiger partial charge on any atom is -0.377 e. The van der Waals surface area contributed by atoms with Gasteiger partial charge in [0.2, 0.25) is 0 Å². The Bertz CT molecular complexity index is 232. The highest BCUT2D eigenvalue weighted by Gasteiger charge is 2.35. The van der Waals surface area contributed by atoms with Gasteiger partial charge in [-0.1, -0.05) is 27.7 Å². The van der Waals surface area contributed by atoms with Gasteiger partial charge in [-0.3, -0.25) is 4.90 Å². The van der Waals surface area contributed by atoms with Crippen molar-refractivity contribution in [2.24, 2.45) is 5.41 Å². The van der Waals surface area contributed by atoms with E-state index in [0.717, 1.165) is 26.2 Å². The molecule has 0 aromatic carbocycles. The van der Waals surface area contributed by atoms with Crippen LogP contribution in [0.4, 0.5) is 0 Å². The number of ether oxygens (including phenoxy) is 2. The number of hydrogen-bond acceptors (Lipinski definition) is 4. The van der Waals surface area contributed by atoms with E-state index in [0.29, 0.717) is 6.04 Å². The van der Waals surface area contributed by atoms with Gasteiger partial charge < -0.3 is 14.8 Å². The third-order valence-corrected chi connectivity index (χ3v) is 3.54. The largest absolute Gasteiger partial charge is 0.377 e. The van der Waals surface area contributed by atoms with Crippen LogP contribution < -0.4 is 5.32 Å². The quantitative estimate of drug-likeness (QED) is 0.747. The average molecular weight is 258 g/mol. The first-order chi connectivity index (χ1) is 8.38. The first-order valence-electron chi connectivity index (χ1n) is 6.89. The summed E-state index contributed by atoms with van der Waals surface area (Å²) in [6.45, 7) is 13.1. The third kappa shape index (κ3) is 4.84. The number of nitrogens with zero attached hydrogens (tertiary/aromatic N) is 1. The molecule has 2 atom stereocenters. The van der Waals surface area contributed by atoms with Crippen molar-refractivity contribution in [3.05, 3.63) is 0 Å². The van der Waals surface area contributed by atoms with Crippen molar-refractivity contribution in [2.45, 2.75) is 45.9 Å². The third-order valence-electron chi connectivity index (χ3n) is 3.54. The first-order valence-corrected chi connectivity index (χ1v) is 6.89. The zero-order chi connectivity index (χ0) is 13.8. The minimum absolute atomic E-state index is 0.212. The van der Waals surface area contributed by atoms with E-state index in [1.165, 1.54) is 0 Å². The van der Waals surface area contributed by atoms with E-state index in [4.69, 9.17) is 9.47 Å². The Morgan fingerprint density at radius 3 is 2.06 bits per heavy atom. The number of hydrogen-bond donors (Lipinski definition) is 1. The number of nitrogens with one attached hydrogen (secondary N) is 1. The smallest absolute Gasteiger partial charge is 0.0971 e. The maximum Gasteiger partial charge on any atom is 0.0971 e. The second kappa shape index (κ2) is 6.85. The van der Waals surface area contributed by atoms with Crippen molar-refractivity contribution < 1.29 is 9.47 Å². The lowest BCUT2D eigenvalue weighted by Crippen LogP contribution is -2.42. The van der Waals surface area contributed by atoms with Crippen molar-refractivity contribution in [3.8, 4) is 0 Å². The summed E-state index contributed by atoms with van der Waals surface area (Å²) in [7, 11) is 3.54. The lowest BCUT2D eigenvalue weighted by atomic mass is 9.92. The van der Waals surface area contributed by atoms with Gasteiger partial charge in [-0.25, -0.2) is 0 Å². The lowest BCUT2D eigenvalue weighted by molar-refractivity contribution is -0.00461. The van der Waals surface area contributed by atoms with Crippen LogP contribution in [0.1, 0.15) is 27.7 Å². The number of likely N-dealkylation sites (tertiary alicyclic amines) is 1. The fourth-order valence-corrected chi connectivity index (χ4v) is 2.54. The van der Waals surface area contributed by atoms with Crippen molar-refractivity contribution in [1.82, 2.24) is 10.2 Å². The fraction of sp³-hybridized carbons (Fsp3) is 1.00. The lowest BCUT2D eigenvalue weighted by Gasteiger charge is -2.31. The van der Waals surface area contributed by atoms with Gasteiger partial charge in [0.05, 0.1) is 12.2 Å². The van der Waals surface area contributed by atoms with Gasteiger partial charge in [-0.15, -0.1) is 0 Å². The van der Waals surface area contributed by atoms with E-state index < -0.39 is 0 Å². The maximum absolute atomic E-state index is 5.48. The highest BCUT2D eigenvalue weighted by atomic mass is 16.5. The summed E-state index contributed by atoms with van der Waals surface area (Å²) in [4.78, 5) is 2.45. The summed E-state index contributed by atoms with van der Waals surface area (Å²) >= 11 is 0. The molecule has 108 valence electrons. The zero-order valence-corrected chi connectivity index (χ0v) is 12.8. The van der Waals surface area contributed by atoms with Crippen LogP contribution in [0.5, 0.6) is 0 Å². The Morgan fingerprint density at radius 1 is 1.17 bits per heavy atom. The molecule has 0 aromatic rings. The van der Waals surface area contributed by atoms with Crippen LogP contribution in [0.15, 0.2) is 0 Å². The maximum atomic E-state index is 5.48. The normalized spacial score (nSPS) is 26.2. The monoisotopic (exact) mass is 258 g/mol. The highest BCUT2D eigenvalue weighted by molar-refractivity contribution is 4.89. The highest BCUT2D eigenvalue weighted by Crippen LogP contribution is 2.22. The van der Waals surface area contributed by atoms with Gasteiger partial charge in [0.1, 0.15) is 0 Å². The molecular formula is C14H30N2O2. The molecule has 1 aliphatic rings. The van der Waals surface area contributed by atoms with Gasteiger partial charge in [-0.2, -0.15) is 0 Å². The van der Waals surface area contributed by atoms with Crippen LogP contribution >= 0.6 is 0 Å². The first kappa shape index (κ1) is 15.9. The molecule has 18 heavy (non-hydrogen) atoms. The predicted molar refractivity (Wildman–Crippen MR) is 75.0 cm³/mol. The molecule has 0 saturated carbocycles. The molecule has 4 nitrogen and oxygen atoms in total. The molecule has 0 amide bonds. The van der Waals surface area contributed by atoms with Gasteiger partial charge in [0, 0.05) is 46.4 Å². The molecule has 2 unspecified atom stereocenters. The average Bonchev–Trinajstić information content (AvgIpc) is 2.68.